The van der Waals surface area contributed by atoms with Crippen molar-refractivity contribution in [3.8, 4) is 0 Å². The Labute approximate surface area is 157 Å². The summed E-state index contributed by atoms with van der Waals surface area (Å²) >= 11 is 0. The summed E-state index contributed by atoms with van der Waals surface area (Å²) in [5.74, 6) is 2.41. The number of hydrogen-bond donors (Lipinski definition) is 3. The number of nitrogens with zero attached hydrogens (tertiary/aromatic N) is 1. The van der Waals surface area contributed by atoms with Gasteiger partial charge in [0.25, 0.3) is 0 Å². The fourth-order valence-corrected chi connectivity index (χ4v) is 4.14. The Morgan fingerprint density at radius 2 is 1.77 bits per heavy atom. The third-order valence-corrected chi connectivity index (χ3v) is 6.67. The lowest BCUT2D eigenvalue weighted by Crippen LogP contribution is -2.44. The molecule has 0 aromatic heterocycles. The highest BCUT2D eigenvalue weighted by Crippen LogP contribution is 2.29. The van der Waals surface area contributed by atoms with Crippen molar-refractivity contribution in [1.29, 1.82) is 0 Å². The van der Waals surface area contributed by atoms with Gasteiger partial charge in [-0.25, -0.2) is 13.1 Å². The lowest BCUT2D eigenvalue weighted by molar-refractivity contribution is 0.250. The number of sulfonamides is 1. The van der Waals surface area contributed by atoms with E-state index in [2.05, 4.69) is 34.2 Å². The zero-order chi connectivity index (χ0) is 19.2. The second-order valence-corrected chi connectivity index (χ2v) is 9.16. The quantitative estimate of drug-likeness (QED) is 0.523. The normalized spacial score (nSPS) is 21.7. The third kappa shape index (κ3) is 5.71. The van der Waals surface area contributed by atoms with Gasteiger partial charge in [-0.15, -0.1) is 0 Å². The average Bonchev–Trinajstić information content (AvgIpc) is 2.65. The van der Waals surface area contributed by atoms with Crippen LogP contribution in [0.5, 0.6) is 0 Å². The summed E-state index contributed by atoms with van der Waals surface area (Å²) in [5.41, 5.74) is 1.01. The van der Waals surface area contributed by atoms with Crippen LogP contribution < -0.4 is 15.4 Å². The number of aliphatic imine (C=N–C) groups is 1. The minimum atomic E-state index is -3.39. The van der Waals surface area contributed by atoms with E-state index in [9.17, 15) is 8.42 Å². The largest absolute Gasteiger partial charge is 0.354 e. The lowest BCUT2D eigenvalue weighted by atomic mass is 9.80. The molecular weight excluding hydrogens is 348 g/mol. The summed E-state index contributed by atoms with van der Waals surface area (Å²) in [4.78, 5) is 4.58. The maximum atomic E-state index is 11.8. The SMILES string of the molecule is CN=C(NCc1ccc(S(=O)(=O)NC)cc1)NC1CCC(C(C)C)CC1. The van der Waals surface area contributed by atoms with Crippen LogP contribution in [-0.4, -0.2) is 34.5 Å². The summed E-state index contributed by atoms with van der Waals surface area (Å²) < 4.78 is 25.8. The lowest BCUT2D eigenvalue weighted by Gasteiger charge is -2.32. The predicted molar refractivity (Wildman–Crippen MR) is 107 cm³/mol. The van der Waals surface area contributed by atoms with Crippen LogP contribution in [0.15, 0.2) is 34.2 Å². The van der Waals surface area contributed by atoms with Gasteiger partial charge in [0.15, 0.2) is 5.96 Å². The third-order valence-electron chi connectivity index (χ3n) is 5.24. The highest BCUT2D eigenvalue weighted by atomic mass is 32.2. The molecule has 1 fully saturated rings. The van der Waals surface area contributed by atoms with E-state index >= 15 is 0 Å². The van der Waals surface area contributed by atoms with Crippen molar-refractivity contribution in [1.82, 2.24) is 15.4 Å². The maximum absolute atomic E-state index is 11.8. The molecule has 6 nitrogen and oxygen atoms in total. The van der Waals surface area contributed by atoms with Crippen LogP contribution in [-0.2, 0) is 16.6 Å². The summed E-state index contributed by atoms with van der Waals surface area (Å²) in [6, 6.07) is 7.34. The van der Waals surface area contributed by atoms with Gasteiger partial charge in [-0.3, -0.25) is 4.99 Å². The number of guanidine groups is 1. The summed E-state index contributed by atoms with van der Waals surface area (Å²) in [5, 5.41) is 6.83. The Kier molecular flexibility index (Phi) is 7.46. The molecule has 7 heteroatoms. The average molecular weight is 381 g/mol. The fourth-order valence-electron chi connectivity index (χ4n) is 3.41. The van der Waals surface area contributed by atoms with Crippen LogP contribution in [0.3, 0.4) is 0 Å². The molecule has 0 atom stereocenters. The topological polar surface area (TPSA) is 82.6 Å². The molecule has 1 aromatic carbocycles. The maximum Gasteiger partial charge on any atom is 0.240 e. The van der Waals surface area contributed by atoms with Gasteiger partial charge in [0, 0.05) is 19.6 Å². The van der Waals surface area contributed by atoms with E-state index in [-0.39, 0.29) is 4.90 Å². The second kappa shape index (κ2) is 9.37. The molecule has 0 saturated heterocycles. The van der Waals surface area contributed by atoms with E-state index in [1.54, 1.807) is 19.2 Å². The molecule has 0 radical (unpaired) electrons. The van der Waals surface area contributed by atoms with Crippen molar-refractivity contribution in [3.63, 3.8) is 0 Å². The first kappa shape index (κ1) is 20.7. The van der Waals surface area contributed by atoms with Crippen molar-refractivity contribution in [2.24, 2.45) is 16.8 Å². The highest BCUT2D eigenvalue weighted by molar-refractivity contribution is 7.89. The van der Waals surface area contributed by atoms with Crippen LogP contribution in [0.2, 0.25) is 0 Å². The van der Waals surface area contributed by atoms with Crippen molar-refractivity contribution in [3.05, 3.63) is 29.8 Å². The van der Waals surface area contributed by atoms with Gasteiger partial charge in [-0.1, -0.05) is 26.0 Å². The zero-order valence-electron chi connectivity index (χ0n) is 16.2. The summed E-state index contributed by atoms with van der Waals surface area (Å²) in [7, 11) is -0.200. The number of benzene rings is 1. The first-order valence-corrected chi connectivity index (χ1v) is 10.8. The first-order valence-electron chi connectivity index (χ1n) is 9.35. The minimum absolute atomic E-state index is 0.271. The summed E-state index contributed by atoms with van der Waals surface area (Å²) in [6.07, 6.45) is 4.90. The Morgan fingerprint density at radius 1 is 1.15 bits per heavy atom. The number of hydrogen-bond acceptors (Lipinski definition) is 3. The van der Waals surface area contributed by atoms with E-state index < -0.39 is 10.0 Å². The van der Waals surface area contributed by atoms with Crippen molar-refractivity contribution >= 4 is 16.0 Å². The van der Waals surface area contributed by atoms with Gasteiger partial charge >= 0.3 is 0 Å². The molecule has 1 saturated carbocycles. The molecule has 2 rings (SSSR count). The molecule has 0 amide bonds. The molecule has 146 valence electrons. The molecular formula is C19H32N4O2S. The van der Waals surface area contributed by atoms with Crippen LogP contribution in [0.25, 0.3) is 0 Å². The minimum Gasteiger partial charge on any atom is -0.354 e. The van der Waals surface area contributed by atoms with Gasteiger partial charge in [0.1, 0.15) is 0 Å². The standard InChI is InChI=1S/C19H32N4O2S/c1-14(2)16-7-9-17(10-8-16)23-19(20-3)22-13-15-5-11-18(12-6-15)26(24,25)21-4/h5-6,11-12,14,16-17,21H,7-10,13H2,1-4H3,(H2,20,22,23). The highest BCUT2D eigenvalue weighted by Gasteiger charge is 2.23. The number of rotatable bonds is 6. The Bertz CT molecular complexity index is 691. The van der Waals surface area contributed by atoms with E-state index in [1.807, 2.05) is 12.1 Å². The Balaban J connectivity index is 1.84. The zero-order valence-corrected chi connectivity index (χ0v) is 17.1. The van der Waals surface area contributed by atoms with E-state index in [1.165, 1.54) is 32.7 Å². The van der Waals surface area contributed by atoms with Crippen LogP contribution in [0, 0.1) is 11.8 Å². The van der Waals surface area contributed by atoms with Gasteiger partial charge < -0.3 is 10.6 Å². The van der Waals surface area contributed by atoms with Crippen LogP contribution >= 0.6 is 0 Å². The molecule has 1 aromatic rings. The molecule has 1 aliphatic rings. The molecule has 0 spiro atoms. The van der Waals surface area contributed by atoms with Gasteiger partial charge in [0.05, 0.1) is 4.90 Å². The number of nitrogens with one attached hydrogen (secondary N) is 3. The molecule has 1 aliphatic carbocycles. The smallest absolute Gasteiger partial charge is 0.240 e. The molecule has 0 aliphatic heterocycles. The molecule has 0 bridgehead atoms. The van der Waals surface area contributed by atoms with Crippen molar-refractivity contribution < 1.29 is 8.42 Å². The van der Waals surface area contributed by atoms with Crippen molar-refractivity contribution in [2.75, 3.05) is 14.1 Å². The van der Waals surface area contributed by atoms with Crippen LogP contribution in [0.4, 0.5) is 0 Å². The second-order valence-electron chi connectivity index (χ2n) is 7.28. The van der Waals surface area contributed by atoms with E-state index in [4.69, 9.17) is 0 Å². The molecule has 0 heterocycles. The Morgan fingerprint density at radius 3 is 2.27 bits per heavy atom. The summed E-state index contributed by atoms with van der Waals surface area (Å²) in [6.45, 7) is 5.22. The molecule has 26 heavy (non-hydrogen) atoms. The van der Waals surface area contributed by atoms with Gasteiger partial charge in [0.2, 0.25) is 10.0 Å². The molecule has 3 N–H and O–H groups in total. The molecule has 0 unspecified atom stereocenters. The first-order chi connectivity index (χ1) is 12.4. The van der Waals surface area contributed by atoms with Gasteiger partial charge in [-0.05, 0) is 62.3 Å². The fraction of sp³-hybridized carbons (Fsp3) is 0.632. The monoisotopic (exact) mass is 380 g/mol. The van der Waals surface area contributed by atoms with Crippen molar-refractivity contribution in [2.45, 2.75) is 57.0 Å². The van der Waals surface area contributed by atoms with E-state index in [0.29, 0.717) is 12.6 Å². The Hall–Kier alpha value is -1.60. The van der Waals surface area contributed by atoms with E-state index in [0.717, 1.165) is 23.4 Å². The van der Waals surface area contributed by atoms with Gasteiger partial charge in [-0.2, -0.15) is 0 Å². The van der Waals surface area contributed by atoms with Crippen LogP contribution in [0.1, 0.15) is 45.1 Å². The predicted octanol–water partition coefficient (Wildman–Crippen LogP) is 2.47.